The number of benzene rings is 1. The number of nitrogens with zero attached hydrogens (tertiary/aromatic N) is 2. The van der Waals surface area contributed by atoms with Crippen molar-refractivity contribution in [3.8, 4) is 0 Å². The zero-order valence-electron chi connectivity index (χ0n) is 18.2. The largest absolute Gasteiger partial charge is 0.394 e. The van der Waals surface area contributed by atoms with Crippen LogP contribution in [0.2, 0.25) is 0 Å². The van der Waals surface area contributed by atoms with Crippen molar-refractivity contribution in [3.63, 3.8) is 0 Å². The SMILES string of the molecule is CC(C)(C)NC(=O)CN(C(=O)c1cccc2cccnc12)C1O[C@H](CO)C(O)C(O)C1O. The third kappa shape index (κ3) is 5.05. The first-order valence-corrected chi connectivity index (χ1v) is 10.3. The fraction of sp³-hybridized carbons (Fsp3) is 0.500. The number of carbonyl (C=O) groups excluding carboxylic acids is 2. The van der Waals surface area contributed by atoms with Crippen LogP contribution in [0.3, 0.4) is 0 Å². The highest BCUT2D eigenvalue weighted by molar-refractivity contribution is 6.06. The zero-order valence-corrected chi connectivity index (χ0v) is 18.2. The number of aliphatic hydroxyl groups excluding tert-OH is 4. The number of pyridine rings is 1. The molecule has 5 atom stereocenters. The van der Waals surface area contributed by atoms with Crippen LogP contribution in [0.1, 0.15) is 31.1 Å². The van der Waals surface area contributed by atoms with Gasteiger partial charge in [0.05, 0.1) is 17.7 Å². The second-order valence-corrected chi connectivity index (χ2v) is 8.83. The smallest absolute Gasteiger partial charge is 0.258 e. The number of hydrogen-bond acceptors (Lipinski definition) is 8. The lowest BCUT2D eigenvalue weighted by atomic mass is 9.97. The maximum Gasteiger partial charge on any atom is 0.258 e. The molecule has 1 fully saturated rings. The number of aromatic nitrogens is 1. The van der Waals surface area contributed by atoms with Crippen LogP contribution in [-0.2, 0) is 9.53 Å². The van der Waals surface area contributed by atoms with Crippen LogP contribution in [0, 0.1) is 0 Å². The molecule has 0 radical (unpaired) electrons. The van der Waals surface area contributed by atoms with Gasteiger partial charge in [-0.15, -0.1) is 0 Å². The molecule has 2 amide bonds. The van der Waals surface area contributed by atoms with E-state index in [0.29, 0.717) is 10.9 Å². The molecule has 0 spiro atoms. The molecule has 174 valence electrons. The van der Waals surface area contributed by atoms with Gasteiger partial charge in [0, 0.05) is 17.1 Å². The van der Waals surface area contributed by atoms with Gasteiger partial charge in [-0.3, -0.25) is 14.6 Å². The Morgan fingerprint density at radius 2 is 1.78 bits per heavy atom. The van der Waals surface area contributed by atoms with Crippen molar-refractivity contribution in [2.45, 2.75) is 57.0 Å². The number of rotatable bonds is 5. The summed E-state index contributed by atoms with van der Waals surface area (Å²) in [6.07, 6.45) is -6.21. The van der Waals surface area contributed by atoms with Crippen molar-refractivity contribution in [3.05, 3.63) is 42.1 Å². The molecule has 0 aliphatic carbocycles. The Bertz CT molecular complexity index is 970. The standard InChI is InChI=1S/C22H29N3O7/c1-22(2,3)24-15(27)10-25(21-19(30)18(29)17(28)14(11-26)32-21)20(31)13-8-4-6-12-7-5-9-23-16(12)13/h4-9,14,17-19,21,26,28-30H,10-11H2,1-3H3,(H,24,27)/t14-,17?,18?,19?,21?/m1/s1. The average molecular weight is 447 g/mol. The van der Waals surface area contributed by atoms with Crippen molar-refractivity contribution >= 4 is 22.7 Å². The summed E-state index contributed by atoms with van der Waals surface area (Å²) in [6.45, 7) is 4.17. The maximum atomic E-state index is 13.6. The van der Waals surface area contributed by atoms with Gasteiger partial charge in [0.15, 0.2) is 6.23 Å². The molecule has 0 bridgehead atoms. The normalized spacial score (nSPS) is 26.0. The number of amides is 2. The second-order valence-electron chi connectivity index (χ2n) is 8.83. The quantitative estimate of drug-likeness (QED) is 0.407. The van der Waals surface area contributed by atoms with Crippen molar-refractivity contribution < 1.29 is 34.8 Å². The second kappa shape index (κ2) is 9.47. The highest BCUT2D eigenvalue weighted by Gasteiger charge is 2.47. The molecule has 5 N–H and O–H groups in total. The molecule has 1 aliphatic heterocycles. The molecule has 32 heavy (non-hydrogen) atoms. The van der Waals surface area contributed by atoms with Crippen LogP contribution in [0.5, 0.6) is 0 Å². The number of carbonyl (C=O) groups is 2. The lowest BCUT2D eigenvalue weighted by Gasteiger charge is -2.44. The Labute approximate surface area is 185 Å². The summed E-state index contributed by atoms with van der Waals surface area (Å²) >= 11 is 0. The number of aliphatic hydroxyl groups is 4. The van der Waals surface area contributed by atoms with E-state index in [2.05, 4.69) is 10.3 Å². The van der Waals surface area contributed by atoms with Crippen LogP contribution in [0.4, 0.5) is 0 Å². The van der Waals surface area contributed by atoms with Crippen LogP contribution in [0.25, 0.3) is 10.9 Å². The van der Waals surface area contributed by atoms with E-state index in [9.17, 15) is 30.0 Å². The minimum Gasteiger partial charge on any atom is -0.394 e. The summed E-state index contributed by atoms with van der Waals surface area (Å²) in [5.41, 5.74) is -0.0169. The number of hydrogen-bond donors (Lipinski definition) is 5. The molecule has 4 unspecified atom stereocenters. The van der Waals surface area contributed by atoms with Gasteiger partial charge in [-0.1, -0.05) is 18.2 Å². The molecule has 0 saturated carbocycles. The highest BCUT2D eigenvalue weighted by atomic mass is 16.6. The third-order valence-corrected chi connectivity index (χ3v) is 5.13. The first kappa shape index (κ1) is 24.0. The molecular formula is C22H29N3O7. The Hall–Kier alpha value is -2.63. The first-order chi connectivity index (χ1) is 15.0. The van der Waals surface area contributed by atoms with E-state index in [4.69, 9.17) is 4.74 Å². The summed E-state index contributed by atoms with van der Waals surface area (Å²) < 4.78 is 5.57. The van der Waals surface area contributed by atoms with Crippen LogP contribution in [-0.4, -0.2) is 91.5 Å². The molecule has 10 heteroatoms. The average Bonchev–Trinajstić information content (AvgIpc) is 2.74. The molecule has 1 aromatic heterocycles. The Morgan fingerprint density at radius 1 is 1.09 bits per heavy atom. The van der Waals surface area contributed by atoms with Crippen molar-refractivity contribution in [1.29, 1.82) is 0 Å². The highest BCUT2D eigenvalue weighted by Crippen LogP contribution is 2.26. The molecular weight excluding hydrogens is 418 g/mol. The summed E-state index contributed by atoms with van der Waals surface area (Å²) in [5.74, 6) is -1.18. The maximum absolute atomic E-state index is 13.6. The molecule has 2 aromatic rings. The molecule has 1 aliphatic rings. The van der Waals surface area contributed by atoms with Crippen LogP contribution < -0.4 is 5.32 Å². The Kier molecular flexibility index (Phi) is 7.11. The zero-order chi connectivity index (χ0) is 23.6. The molecule has 1 saturated heterocycles. The fourth-order valence-corrected chi connectivity index (χ4v) is 3.66. The van der Waals surface area contributed by atoms with Gasteiger partial charge < -0.3 is 35.4 Å². The van der Waals surface area contributed by atoms with Gasteiger partial charge in [-0.05, 0) is 32.9 Å². The number of nitrogens with one attached hydrogen (secondary N) is 1. The summed E-state index contributed by atoms with van der Waals surface area (Å²) in [7, 11) is 0. The van der Waals surface area contributed by atoms with Crippen LogP contribution >= 0.6 is 0 Å². The topological polar surface area (TPSA) is 152 Å². The van der Waals surface area contributed by atoms with Crippen molar-refractivity contribution in [2.75, 3.05) is 13.2 Å². The van der Waals surface area contributed by atoms with E-state index >= 15 is 0 Å². The minimum atomic E-state index is -1.72. The van der Waals surface area contributed by atoms with E-state index in [1.807, 2.05) is 0 Å². The predicted octanol–water partition coefficient (Wildman–Crippen LogP) is -0.608. The summed E-state index contributed by atoms with van der Waals surface area (Å²) in [4.78, 5) is 31.5. The predicted molar refractivity (Wildman–Crippen MR) is 114 cm³/mol. The Balaban J connectivity index is 2.02. The van der Waals surface area contributed by atoms with Crippen molar-refractivity contribution in [2.24, 2.45) is 0 Å². The lowest BCUT2D eigenvalue weighted by molar-refractivity contribution is -0.257. The Morgan fingerprint density at radius 3 is 2.44 bits per heavy atom. The van der Waals surface area contributed by atoms with Crippen molar-refractivity contribution in [1.82, 2.24) is 15.2 Å². The fourth-order valence-electron chi connectivity index (χ4n) is 3.66. The van der Waals surface area contributed by atoms with Crippen LogP contribution in [0.15, 0.2) is 36.5 Å². The van der Waals surface area contributed by atoms with Gasteiger partial charge in [-0.25, -0.2) is 0 Å². The van der Waals surface area contributed by atoms with E-state index in [1.54, 1.807) is 45.0 Å². The molecule has 3 rings (SSSR count). The summed E-state index contributed by atoms with van der Waals surface area (Å²) in [6, 6.07) is 8.49. The van der Waals surface area contributed by atoms with E-state index in [1.165, 1.54) is 12.3 Å². The van der Waals surface area contributed by atoms with Gasteiger partial charge in [-0.2, -0.15) is 0 Å². The van der Waals surface area contributed by atoms with E-state index in [0.717, 1.165) is 4.90 Å². The summed E-state index contributed by atoms with van der Waals surface area (Å²) in [5, 5.41) is 43.9. The van der Waals surface area contributed by atoms with E-state index in [-0.39, 0.29) is 5.56 Å². The number of para-hydroxylation sites is 1. The third-order valence-electron chi connectivity index (χ3n) is 5.13. The first-order valence-electron chi connectivity index (χ1n) is 10.3. The molecule has 2 heterocycles. The van der Waals surface area contributed by atoms with Gasteiger partial charge >= 0.3 is 0 Å². The monoisotopic (exact) mass is 447 g/mol. The molecule has 10 nitrogen and oxygen atoms in total. The van der Waals surface area contributed by atoms with Gasteiger partial charge in [0.2, 0.25) is 5.91 Å². The number of ether oxygens (including phenoxy) is 1. The lowest BCUT2D eigenvalue weighted by Crippen LogP contribution is -2.65. The van der Waals surface area contributed by atoms with Gasteiger partial charge in [0.25, 0.3) is 5.91 Å². The number of fused-ring (bicyclic) bond motifs is 1. The molecule has 1 aromatic carbocycles. The van der Waals surface area contributed by atoms with E-state index < -0.39 is 61.1 Å². The van der Waals surface area contributed by atoms with Gasteiger partial charge in [0.1, 0.15) is 31.0 Å². The minimum absolute atomic E-state index is 0.170.